The van der Waals surface area contributed by atoms with Gasteiger partial charge in [-0.05, 0) is 188 Å². The second-order valence-electron chi connectivity index (χ2n) is 42.3. The van der Waals surface area contributed by atoms with Crippen LogP contribution in [0.2, 0.25) is 0 Å². The first-order chi connectivity index (χ1) is 59.9. The van der Waals surface area contributed by atoms with Crippen LogP contribution in [-0.4, -0.2) is 108 Å². The van der Waals surface area contributed by atoms with Crippen LogP contribution in [0.5, 0.6) is 11.5 Å². The average Bonchev–Trinajstić information content (AvgIpc) is 1.57. The van der Waals surface area contributed by atoms with Crippen LogP contribution in [0.3, 0.4) is 0 Å². The van der Waals surface area contributed by atoms with Gasteiger partial charge in [-0.25, -0.2) is 51.7 Å². The van der Waals surface area contributed by atoms with Gasteiger partial charge in [0.2, 0.25) is 59.3 Å². The van der Waals surface area contributed by atoms with E-state index in [9.17, 15) is 78.2 Å². The van der Waals surface area contributed by atoms with Gasteiger partial charge in [-0.3, -0.25) is 50.6 Å². The number of hydrogen-bond donors (Lipinski definition) is 6. The molecule has 14 rings (SSSR count). The Morgan fingerprint density at radius 2 is 0.969 bits per heavy atom. The topological polar surface area (TPSA) is 301 Å². The lowest BCUT2D eigenvalue weighted by molar-refractivity contribution is -0.153. The van der Waals surface area contributed by atoms with Gasteiger partial charge in [0.25, 0.3) is 5.92 Å². The summed E-state index contributed by atoms with van der Waals surface area (Å²) in [4.78, 5) is 87.4. The number of aliphatic hydroxyl groups is 1. The maximum Gasteiger partial charge on any atom is 0.422 e. The van der Waals surface area contributed by atoms with E-state index in [-0.39, 0.29) is 146 Å². The molecule has 5 heterocycles. The summed E-state index contributed by atoms with van der Waals surface area (Å²) in [6.07, 6.45) is 4.20. The quantitative estimate of drug-likeness (QED) is 0.0305. The molecule has 0 bridgehead atoms. The molecule has 4 saturated carbocycles. The summed E-state index contributed by atoms with van der Waals surface area (Å²) in [5.74, 6) is -4.20. The van der Waals surface area contributed by atoms with Crippen molar-refractivity contribution in [3.63, 3.8) is 0 Å². The van der Waals surface area contributed by atoms with Gasteiger partial charge in [0, 0.05) is 92.3 Å². The number of nitrogens with zero attached hydrogens (tertiary/aromatic N) is 12. The van der Waals surface area contributed by atoms with Crippen molar-refractivity contribution in [1.29, 1.82) is 5.26 Å². The molecule has 0 saturated heterocycles. The Kier molecular flexibility index (Phi) is 29.6. The molecule has 35 heteroatoms. The molecule has 4 aliphatic rings. The fraction of sp³-hybridized carbons (Fsp3) is 0.558. The first-order valence-electron chi connectivity index (χ1n) is 43.6. The second-order valence-corrected chi connectivity index (χ2v) is 42.3. The highest BCUT2D eigenvalue weighted by atomic mass is 19.4. The van der Waals surface area contributed by atoms with E-state index in [4.69, 9.17) is 6.57 Å². The number of nitriles is 1. The molecule has 704 valence electrons. The van der Waals surface area contributed by atoms with Crippen LogP contribution in [0.4, 0.5) is 79.3 Å². The Balaban J connectivity index is 0.000000169. The molecule has 0 spiro atoms. The van der Waals surface area contributed by atoms with Crippen LogP contribution < -0.4 is 36.1 Å². The van der Waals surface area contributed by atoms with Crippen molar-refractivity contribution < 1.29 is 82.5 Å². The molecule has 10 aromatic rings. The van der Waals surface area contributed by atoms with Crippen molar-refractivity contribution in [2.75, 3.05) is 33.2 Å². The maximum absolute atomic E-state index is 15.0. The zero-order valence-corrected chi connectivity index (χ0v) is 78.1. The maximum atomic E-state index is 15.0. The minimum absolute atomic E-state index is 0.00288. The molecule has 130 heavy (non-hydrogen) atoms. The van der Waals surface area contributed by atoms with Gasteiger partial charge in [0.1, 0.15) is 28.7 Å². The number of anilines is 5. The van der Waals surface area contributed by atoms with Crippen molar-refractivity contribution in [3.05, 3.63) is 113 Å². The van der Waals surface area contributed by atoms with Gasteiger partial charge >= 0.3 is 12.8 Å². The zero-order valence-electron chi connectivity index (χ0n) is 78.1. The Bertz CT molecular complexity index is 5940. The molecule has 5 aromatic heterocycles. The van der Waals surface area contributed by atoms with Gasteiger partial charge < -0.3 is 37.4 Å². The lowest BCUT2D eigenvalue weighted by Crippen LogP contribution is -2.37. The van der Waals surface area contributed by atoms with E-state index in [2.05, 4.69) is 100 Å². The third-order valence-electron chi connectivity index (χ3n) is 22.1. The SMILES string of the molecule is CC(C)(C)CC(=O)Nc1nc2c(F)cc(OC(F)F)cc2n1C1CCC1.CC(C)(C)CC(=O)Nc1nc2cc(F)cc(C#N)c2n1C(C)(C)C.CC(C)(C)CC(=O)Nc1nc2ccc(C(C)(C)O)cc2n1C1CC(F)(F)C1.CC(C)(C)CC(=O)Nc1nc2ccc(OCC(F)(F)F)c(F)c2n1C1CCC1.[C-]#[N+]c1ccc2nc(NC(=O)CC(C)(C)C3CC3)n(C(C)(C)C)c2c1. The third-order valence-corrected chi connectivity index (χ3v) is 22.1. The summed E-state index contributed by atoms with van der Waals surface area (Å²) >= 11 is 0. The largest absolute Gasteiger partial charge is 0.481 e. The van der Waals surface area contributed by atoms with E-state index >= 15 is 0 Å². The summed E-state index contributed by atoms with van der Waals surface area (Å²) in [6.45, 7) is 45.7. The van der Waals surface area contributed by atoms with Crippen LogP contribution in [0.1, 0.15) is 278 Å². The van der Waals surface area contributed by atoms with Crippen molar-refractivity contribution >= 4 is 120 Å². The molecular formula is C95H121F10N17O8. The fourth-order valence-electron chi connectivity index (χ4n) is 15.7. The molecule has 0 unspecified atom stereocenters. The number of alkyl halides is 7. The zero-order chi connectivity index (χ0) is 96.6. The van der Waals surface area contributed by atoms with Crippen LogP contribution in [0.15, 0.2) is 72.8 Å². The molecule has 0 radical (unpaired) electrons. The van der Waals surface area contributed by atoms with E-state index in [0.29, 0.717) is 75.9 Å². The first kappa shape index (κ1) is 101. The van der Waals surface area contributed by atoms with Gasteiger partial charge in [0.15, 0.2) is 29.7 Å². The van der Waals surface area contributed by atoms with E-state index in [1.807, 2.05) is 127 Å². The first-order valence-corrected chi connectivity index (χ1v) is 43.6. The highest BCUT2D eigenvalue weighted by molar-refractivity contribution is 5.97. The highest BCUT2D eigenvalue weighted by Crippen LogP contribution is 2.50. The van der Waals surface area contributed by atoms with E-state index < -0.39 is 65.7 Å². The number of hydrogen-bond acceptors (Lipinski definition) is 14. The molecule has 4 fully saturated rings. The highest BCUT2D eigenvalue weighted by Gasteiger charge is 2.48. The fourth-order valence-corrected chi connectivity index (χ4v) is 15.7. The standard InChI is InChI=1S/C20H27F2N3O2.C20H26N4O.C19H23F4N3O2.C18H22F3N3O2.C18H23FN4O/c1-18(2,3)11-16(26)24-17-23-14-7-6-12(19(4,5)27)8-15(14)25(17)13-9-20(21,22)10-13;1-19(2,3)24-16-11-14(21-6)9-10-15(16)22-18(24)23-17(25)12-20(4,5)13-7-8-13;1-18(2,3)9-14(27)25-17-24-12-7-8-13(28-10-19(21,22)23)15(20)16(12)26(17)11-5-4-6-11;1-18(2,3)9-14(25)22-17-23-15-12(19)7-11(26-16(20)21)8-13(15)24(17)10-5-4-6-10;1-17(2,3)9-14(24)22-16-21-13-8-12(19)7-11(10-20)15(13)23(16)18(4,5)6/h6-8,13,27H,9-11H2,1-5H3,(H,23,24,26);9-11,13H,7-8,12H2,1-5H3,(H,22,23,25);7-8,11H,4-6,9-10H2,1-3H3,(H,24,25,27);7-8,10,16H,4-6,9H2,1-3H3,(H,22,23,25);7-8H,9H2,1-6H3,(H,21,22,24). The molecule has 4 aliphatic carbocycles. The summed E-state index contributed by atoms with van der Waals surface area (Å²) in [5, 5.41) is 33.8. The smallest absolute Gasteiger partial charge is 0.422 e. The number of imidazole rings is 5. The lowest BCUT2D eigenvalue weighted by Gasteiger charge is -2.37. The third kappa shape index (κ3) is 26.3. The molecule has 0 atom stereocenters. The summed E-state index contributed by atoms with van der Waals surface area (Å²) in [6, 6.07) is 19.5. The number of benzene rings is 5. The van der Waals surface area contributed by atoms with E-state index in [1.54, 1.807) is 56.4 Å². The molecule has 5 aromatic carbocycles. The summed E-state index contributed by atoms with van der Waals surface area (Å²) in [7, 11) is 0. The number of amides is 5. The number of carbonyl (C=O) groups is 5. The number of fused-ring (bicyclic) bond motifs is 5. The molecular weight excluding hydrogens is 1700 g/mol. The van der Waals surface area contributed by atoms with Crippen LogP contribution in [-0.2, 0) is 40.7 Å². The summed E-state index contributed by atoms with van der Waals surface area (Å²) < 4.78 is 150. The Hall–Kier alpha value is -11.4. The van der Waals surface area contributed by atoms with Crippen molar-refractivity contribution in [1.82, 2.24) is 47.8 Å². The van der Waals surface area contributed by atoms with Gasteiger partial charge in [-0.2, -0.15) is 27.2 Å². The molecule has 5 amide bonds. The molecule has 0 aliphatic heterocycles. The Morgan fingerprint density at radius 1 is 0.523 bits per heavy atom. The van der Waals surface area contributed by atoms with Gasteiger partial charge in [0.05, 0.1) is 61.9 Å². The van der Waals surface area contributed by atoms with Crippen LogP contribution >= 0.6 is 0 Å². The minimum atomic E-state index is -4.57. The second kappa shape index (κ2) is 38.2. The molecule has 25 nitrogen and oxygen atoms in total. The van der Waals surface area contributed by atoms with E-state index in [0.717, 1.165) is 61.7 Å². The minimum Gasteiger partial charge on any atom is -0.481 e. The van der Waals surface area contributed by atoms with Crippen molar-refractivity contribution in [2.24, 2.45) is 33.0 Å². The number of nitrogens with one attached hydrogen (secondary N) is 5. The number of aromatic nitrogens is 10. The predicted octanol–water partition coefficient (Wildman–Crippen LogP) is 24.0. The van der Waals surface area contributed by atoms with Gasteiger partial charge in [-0.1, -0.05) is 109 Å². The number of carbonyl (C=O) groups excluding carboxylic acids is 5. The molecule has 6 N–H and O–H groups in total. The van der Waals surface area contributed by atoms with E-state index in [1.165, 1.54) is 37.1 Å². The predicted molar refractivity (Wildman–Crippen MR) is 482 cm³/mol. The van der Waals surface area contributed by atoms with Gasteiger partial charge in [-0.15, -0.1) is 0 Å². The Morgan fingerprint density at radius 3 is 1.43 bits per heavy atom. The monoisotopic (exact) mass is 1820 g/mol. The lowest BCUT2D eigenvalue weighted by atomic mass is 9.83. The Labute approximate surface area is 750 Å². The normalized spacial score (nSPS) is 15.3. The number of halogens is 10. The van der Waals surface area contributed by atoms with Crippen LogP contribution in [0.25, 0.3) is 60.0 Å². The van der Waals surface area contributed by atoms with Crippen molar-refractivity contribution in [3.8, 4) is 17.6 Å². The summed E-state index contributed by atoms with van der Waals surface area (Å²) in [5.41, 5.74) is 3.37. The van der Waals surface area contributed by atoms with Crippen molar-refractivity contribution in [2.45, 2.75) is 302 Å². The number of rotatable bonds is 20. The number of ether oxygens (including phenoxy) is 2. The average molecular weight is 1820 g/mol. The van der Waals surface area contributed by atoms with Crippen LogP contribution in [0, 0.1) is 68.3 Å².